The number of anilines is 1. The Labute approximate surface area is 204 Å². The quantitative estimate of drug-likeness (QED) is 0.400. The maximum absolute atomic E-state index is 15.1. The molecule has 8 nitrogen and oxygen atoms in total. The molecule has 1 aromatic carbocycles. The number of hydrogen-bond acceptors (Lipinski definition) is 7. The van der Waals surface area contributed by atoms with Crippen molar-refractivity contribution in [2.75, 3.05) is 24.6 Å². The number of carbonyl (C=O) groups is 2. The summed E-state index contributed by atoms with van der Waals surface area (Å²) < 4.78 is 25.8. The molecule has 0 aliphatic carbocycles. The minimum Gasteiger partial charge on any atom is -0.460 e. The van der Waals surface area contributed by atoms with Crippen LogP contribution in [0.2, 0.25) is 5.02 Å². The van der Waals surface area contributed by atoms with Crippen LogP contribution in [0, 0.1) is 5.82 Å². The normalized spacial score (nSPS) is 20.3. The number of piperazine rings is 1. The van der Waals surface area contributed by atoms with Gasteiger partial charge >= 0.3 is 12.1 Å². The fraction of sp³-hybridized carbons (Fsp3) is 0.545. The van der Waals surface area contributed by atoms with E-state index in [0.29, 0.717) is 24.3 Å². The third-order valence-electron chi connectivity index (χ3n) is 5.65. The lowest BCUT2D eigenvalue weighted by Gasteiger charge is -2.42. The van der Waals surface area contributed by atoms with Gasteiger partial charge in [0.15, 0.2) is 5.82 Å². The van der Waals surface area contributed by atoms with Crippen molar-refractivity contribution in [3.8, 4) is 0 Å². The Balaban J connectivity index is 1.74. The molecule has 2 aromatic rings. The first-order valence-electron chi connectivity index (χ1n) is 10.8. The summed E-state index contributed by atoms with van der Waals surface area (Å²) in [6.45, 7) is 8.24. The number of esters is 1. The molecule has 4 rings (SSSR count). The number of hydrogen-bond donors (Lipinski definition) is 0. The molecule has 33 heavy (non-hydrogen) atoms. The van der Waals surface area contributed by atoms with Crippen LogP contribution < -0.4 is 4.90 Å². The molecule has 0 spiro atoms. The van der Waals surface area contributed by atoms with Gasteiger partial charge in [-0.15, -0.1) is 0 Å². The van der Waals surface area contributed by atoms with Gasteiger partial charge in [0.05, 0.1) is 28.2 Å². The zero-order chi connectivity index (χ0) is 24.1. The predicted molar refractivity (Wildman–Crippen MR) is 125 cm³/mol. The van der Waals surface area contributed by atoms with Crippen molar-refractivity contribution in [1.82, 2.24) is 14.9 Å². The highest BCUT2D eigenvalue weighted by molar-refractivity contribution is 9.10. The summed E-state index contributed by atoms with van der Waals surface area (Å²) in [5.74, 6) is -1.25. The Morgan fingerprint density at radius 1 is 1.24 bits per heavy atom. The van der Waals surface area contributed by atoms with Gasteiger partial charge in [-0.05, 0) is 62.5 Å². The van der Waals surface area contributed by atoms with Gasteiger partial charge in [0.2, 0.25) is 5.82 Å². The Kier molecular flexibility index (Phi) is 6.43. The standard InChI is InChI=1S/C22H25BrClFN4O4/c1-5-32-20(30)18-26-17-13(8-14(24)15(23)16(17)25)19(27-18)28-9-11-6-7-12(10-28)29(11)21(31)33-22(2,3)4/h8,11-12H,5-7,9-10H2,1-4H3. The van der Waals surface area contributed by atoms with Gasteiger partial charge in [-0.3, -0.25) is 4.90 Å². The van der Waals surface area contributed by atoms with Crippen LogP contribution in [-0.2, 0) is 9.47 Å². The molecule has 3 heterocycles. The maximum atomic E-state index is 15.1. The first-order valence-corrected chi connectivity index (χ1v) is 12.0. The number of rotatable bonds is 3. The van der Waals surface area contributed by atoms with Crippen molar-refractivity contribution in [3.05, 3.63) is 27.2 Å². The molecule has 2 aliphatic rings. The third kappa shape index (κ3) is 4.59. The van der Waals surface area contributed by atoms with Gasteiger partial charge in [-0.25, -0.2) is 23.9 Å². The molecule has 0 radical (unpaired) electrons. The third-order valence-corrected chi connectivity index (χ3v) is 6.95. The number of fused-ring (bicyclic) bond motifs is 3. The highest BCUT2D eigenvalue weighted by Crippen LogP contribution is 2.38. The fourth-order valence-corrected chi connectivity index (χ4v) is 4.87. The van der Waals surface area contributed by atoms with Crippen molar-refractivity contribution in [1.29, 1.82) is 0 Å². The first-order chi connectivity index (χ1) is 15.5. The maximum Gasteiger partial charge on any atom is 0.410 e. The molecule has 0 saturated carbocycles. The van der Waals surface area contributed by atoms with Crippen molar-refractivity contribution in [2.24, 2.45) is 0 Å². The molecule has 2 unspecified atom stereocenters. The zero-order valence-electron chi connectivity index (χ0n) is 18.8. The summed E-state index contributed by atoms with van der Waals surface area (Å²) in [7, 11) is 0. The monoisotopic (exact) mass is 542 g/mol. The fourth-order valence-electron chi connectivity index (χ4n) is 4.37. The number of amides is 1. The number of carbonyl (C=O) groups excluding carboxylic acids is 2. The Bertz CT molecular complexity index is 1110. The summed E-state index contributed by atoms with van der Waals surface area (Å²) >= 11 is 9.36. The number of nitrogens with zero attached hydrogens (tertiary/aromatic N) is 4. The van der Waals surface area contributed by atoms with Crippen molar-refractivity contribution < 1.29 is 23.5 Å². The second-order valence-corrected chi connectivity index (χ2v) is 10.4. The van der Waals surface area contributed by atoms with Crippen LogP contribution >= 0.6 is 27.5 Å². The van der Waals surface area contributed by atoms with E-state index in [2.05, 4.69) is 25.9 Å². The van der Waals surface area contributed by atoms with Crippen LogP contribution in [-0.4, -0.2) is 64.3 Å². The number of halogens is 3. The molecule has 2 atom stereocenters. The average Bonchev–Trinajstić information content (AvgIpc) is 3.00. The van der Waals surface area contributed by atoms with Crippen LogP contribution in [0.1, 0.15) is 51.2 Å². The van der Waals surface area contributed by atoms with Gasteiger partial charge in [0, 0.05) is 18.5 Å². The van der Waals surface area contributed by atoms with Crippen LogP contribution in [0.25, 0.3) is 10.9 Å². The largest absolute Gasteiger partial charge is 0.460 e. The highest BCUT2D eigenvalue weighted by atomic mass is 79.9. The summed E-state index contributed by atoms with van der Waals surface area (Å²) in [4.78, 5) is 37.5. The lowest BCUT2D eigenvalue weighted by atomic mass is 10.1. The van der Waals surface area contributed by atoms with E-state index in [9.17, 15) is 9.59 Å². The highest BCUT2D eigenvalue weighted by Gasteiger charge is 2.45. The van der Waals surface area contributed by atoms with E-state index in [4.69, 9.17) is 21.1 Å². The van der Waals surface area contributed by atoms with Crippen LogP contribution in [0.3, 0.4) is 0 Å². The number of benzene rings is 1. The molecule has 2 fully saturated rings. The Hall–Kier alpha value is -2.20. The molecular weight excluding hydrogens is 519 g/mol. The van der Waals surface area contributed by atoms with Crippen molar-refractivity contribution >= 4 is 56.3 Å². The molecular formula is C22H25BrClFN4O4. The second-order valence-electron chi connectivity index (χ2n) is 9.15. The first kappa shape index (κ1) is 23.9. The van der Waals surface area contributed by atoms with E-state index in [0.717, 1.165) is 12.8 Å². The lowest BCUT2D eigenvalue weighted by molar-refractivity contribution is 0.0123. The number of ether oxygens (including phenoxy) is 2. The molecule has 178 valence electrons. The van der Waals surface area contributed by atoms with E-state index in [1.165, 1.54) is 0 Å². The van der Waals surface area contributed by atoms with Gasteiger partial charge in [-0.1, -0.05) is 11.6 Å². The molecule has 1 aromatic heterocycles. The minimum atomic E-state index is -0.735. The SMILES string of the molecule is CCOC(=O)c1nc(N2CC3CCC(C2)N3C(=O)OC(C)(C)C)c2cc(Cl)c(Br)c(F)c2n1. The summed E-state index contributed by atoms with van der Waals surface area (Å²) in [5.41, 5.74) is -0.617. The van der Waals surface area contributed by atoms with Crippen molar-refractivity contribution in [2.45, 2.75) is 58.2 Å². The second kappa shape index (κ2) is 8.87. The van der Waals surface area contributed by atoms with Crippen LogP contribution in [0.5, 0.6) is 0 Å². The smallest absolute Gasteiger partial charge is 0.410 e. The molecule has 1 amide bonds. The minimum absolute atomic E-state index is 0.0266. The van der Waals surface area contributed by atoms with Crippen LogP contribution in [0.4, 0.5) is 15.0 Å². The Morgan fingerprint density at radius 3 is 2.45 bits per heavy atom. The topological polar surface area (TPSA) is 84.9 Å². The van der Waals surface area contributed by atoms with E-state index < -0.39 is 17.4 Å². The molecule has 11 heteroatoms. The van der Waals surface area contributed by atoms with E-state index in [1.54, 1.807) is 17.9 Å². The van der Waals surface area contributed by atoms with E-state index in [-0.39, 0.29) is 45.6 Å². The summed E-state index contributed by atoms with van der Waals surface area (Å²) in [6.07, 6.45) is 1.29. The number of aromatic nitrogens is 2. The molecule has 0 N–H and O–H groups in total. The van der Waals surface area contributed by atoms with Gasteiger partial charge in [-0.2, -0.15) is 0 Å². The Morgan fingerprint density at radius 2 is 1.88 bits per heavy atom. The van der Waals surface area contributed by atoms with E-state index in [1.807, 2.05) is 25.7 Å². The van der Waals surface area contributed by atoms with Crippen LogP contribution in [0.15, 0.2) is 10.5 Å². The summed E-state index contributed by atoms with van der Waals surface area (Å²) in [6, 6.07) is 1.40. The molecule has 2 saturated heterocycles. The predicted octanol–water partition coefficient (Wildman–Crippen LogP) is 4.95. The van der Waals surface area contributed by atoms with Gasteiger partial charge in [0.25, 0.3) is 0 Å². The zero-order valence-corrected chi connectivity index (χ0v) is 21.2. The molecule has 2 bridgehead atoms. The summed E-state index contributed by atoms with van der Waals surface area (Å²) in [5, 5.41) is 0.558. The van der Waals surface area contributed by atoms with Gasteiger partial charge in [0.1, 0.15) is 16.9 Å². The van der Waals surface area contributed by atoms with Crippen molar-refractivity contribution in [3.63, 3.8) is 0 Å². The van der Waals surface area contributed by atoms with E-state index >= 15 is 4.39 Å². The lowest BCUT2D eigenvalue weighted by Crippen LogP contribution is -2.57. The average molecular weight is 544 g/mol. The molecule has 2 aliphatic heterocycles. The van der Waals surface area contributed by atoms with Gasteiger partial charge < -0.3 is 14.4 Å².